The molecular weight excluding hydrogens is 331 g/mol. The van der Waals surface area contributed by atoms with Gasteiger partial charge in [0.05, 0.1) is 0 Å². The van der Waals surface area contributed by atoms with Crippen molar-refractivity contribution < 1.29 is 4.39 Å². The highest BCUT2D eigenvalue weighted by molar-refractivity contribution is 9.10. The molecule has 21 heavy (non-hydrogen) atoms. The second-order valence-corrected chi connectivity index (χ2v) is 7.32. The minimum atomic E-state index is -0.00590. The first-order chi connectivity index (χ1) is 10.2. The molecule has 1 saturated carbocycles. The molecule has 0 radical (unpaired) electrons. The van der Waals surface area contributed by atoms with E-state index in [-0.39, 0.29) is 11.9 Å². The largest absolute Gasteiger partial charge is 0.314 e. The quantitative estimate of drug-likeness (QED) is 0.881. The Kier molecular flexibility index (Phi) is 4.97. The van der Waals surface area contributed by atoms with E-state index in [4.69, 9.17) is 0 Å². The number of aryl methyl sites for hydroxylation is 1. The van der Waals surface area contributed by atoms with E-state index in [9.17, 15) is 4.39 Å². The van der Waals surface area contributed by atoms with Crippen molar-refractivity contribution in [3.8, 4) is 0 Å². The lowest BCUT2D eigenvalue weighted by Gasteiger charge is -2.39. The molecule has 2 fully saturated rings. The molecule has 0 aromatic heterocycles. The Labute approximate surface area is 135 Å². The van der Waals surface area contributed by atoms with Crippen LogP contribution in [0, 0.1) is 18.7 Å². The van der Waals surface area contributed by atoms with Gasteiger partial charge in [0.1, 0.15) is 5.82 Å². The fourth-order valence-corrected chi connectivity index (χ4v) is 4.54. The molecule has 0 unspecified atom stereocenters. The van der Waals surface area contributed by atoms with Gasteiger partial charge in [-0.15, -0.1) is 0 Å². The van der Waals surface area contributed by atoms with Gasteiger partial charge in [0, 0.05) is 42.3 Å². The van der Waals surface area contributed by atoms with E-state index in [0.717, 1.165) is 41.8 Å². The van der Waals surface area contributed by atoms with Crippen molar-refractivity contribution in [2.75, 3.05) is 26.2 Å². The Bertz CT molecular complexity index is 494. The average molecular weight is 355 g/mol. The third kappa shape index (κ3) is 3.33. The van der Waals surface area contributed by atoms with E-state index in [1.807, 2.05) is 19.1 Å². The van der Waals surface area contributed by atoms with Crippen LogP contribution in [0.2, 0.25) is 0 Å². The van der Waals surface area contributed by atoms with Crippen LogP contribution in [-0.2, 0) is 0 Å². The molecule has 3 rings (SSSR count). The van der Waals surface area contributed by atoms with Crippen LogP contribution in [0.15, 0.2) is 16.6 Å². The first-order valence-corrected chi connectivity index (χ1v) is 8.86. The number of rotatable bonds is 3. The molecule has 2 aliphatic rings. The predicted octanol–water partition coefficient (Wildman–Crippen LogP) is 4.03. The number of halogens is 2. The summed E-state index contributed by atoms with van der Waals surface area (Å²) in [6, 6.07) is 4.13. The van der Waals surface area contributed by atoms with Crippen LogP contribution in [-0.4, -0.2) is 31.1 Å². The molecule has 116 valence electrons. The standard InChI is InChI=1S/C17H24BrFN2/c1-12-10-14(18)11-15(16(12)19)17(13-4-2-3-5-13)21-8-6-20-7-9-21/h10-11,13,17,20H,2-9H2,1H3/t17-/m0/s1. The summed E-state index contributed by atoms with van der Waals surface area (Å²) >= 11 is 3.55. The van der Waals surface area contributed by atoms with Crippen molar-refractivity contribution in [1.82, 2.24) is 10.2 Å². The zero-order valence-electron chi connectivity index (χ0n) is 12.7. The van der Waals surface area contributed by atoms with Crippen LogP contribution in [0.1, 0.15) is 42.9 Å². The van der Waals surface area contributed by atoms with Crippen molar-refractivity contribution >= 4 is 15.9 Å². The van der Waals surface area contributed by atoms with Gasteiger partial charge in [-0.1, -0.05) is 28.8 Å². The first kappa shape index (κ1) is 15.4. The van der Waals surface area contributed by atoms with Gasteiger partial charge in [-0.05, 0) is 43.4 Å². The lowest BCUT2D eigenvalue weighted by Crippen LogP contribution is -2.47. The van der Waals surface area contributed by atoms with Crippen LogP contribution < -0.4 is 5.32 Å². The second kappa shape index (κ2) is 6.76. The van der Waals surface area contributed by atoms with Crippen molar-refractivity contribution in [2.45, 2.75) is 38.6 Å². The highest BCUT2D eigenvalue weighted by atomic mass is 79.9. The van der Waals surface area contributed by atoms with Gasteiger partial charge in [-0.25, -0.2) is 4.39 Å². The van der Waals surface area contributed by atoms with Crippen LogP contribution in [0.3, 0.4) is 0 Å². The molecule has 0 bridgehead atoms. The summed E-state index contributed by atoms with van der Waals surface area (Å²) in [7, 11) is 0. The number of nitrogens with zero attached hydrogens (tertiary/aromatic N) is 1. The number of nitrogens with one attached hydrogen (secondary N) is 1. The third-order valence-corrected chi connectivity index (χ3v) is 5.42. The van der Waals surface area contributed by atoms with Gasteiger partial charge in [0.15, 0.2) is 0 Å². The monoisotopic (exact) mass is 354 g/mol. The number of benzene rings is 1. The van der Waals surface area contributed by atoms with Crippen LogP contribution in [0.4, 0.5) is 4.39 Å². The summed E-state index contributed by atoms with van der Waals surface area (Å²) in [6.45, 7) is 5.93. The highest BCUT2D eigenvalue weighted by Gasteiger charge is 2.33. The van der Waals surface area contributed by atoms with E-state index in [1.54, 1.807) is 0 Å². The van der Waals surface area contributed by atoms with Crippen molar-refractivity contribution in [2.24, 2.45) is 5.92 Å². The smallest absolute Gasteiger partial charge is 0.130 e. The maximum absolute atomic E-state index is 14.8. The van der Waals surface area contributed by atoms with E-state index < -0.39 is 0 Å². The molecule has 4 heteroatoms. The Morgan fingerprint density at radius 1 is 1.24 bits per heavy atom. The molecule has 1 aliphatic carbocycles. The fourth-order valence-electron chi connectivity index (χ4n) is 3.95. The van der Waals surface area contributed by atoms with Crippen LogP contribution in [0.5, 0.6) is 0 Å². The molecule has 1 saturated heterocycles. The molecule has 1 N–H and O–H groups in total. The van der Waals surface area contributed by atoms with Crippen LogP contribution in [0.25, 0.3) is 0 Å². The molecular formula is C17H24BrFN2. The van der Waals surface area contributed by atoms with Crippen molar-refractivity contribution in [1.29, 1.82) is 0 Å². The second-order valence-electron chi connectivity index (χ2n) is 6.40. The molecule has 1 aromatic rings. The maximum atomic E-state index is 14.8. The highest BCUT2D eigenvalue weighted by Crippen LogP contribution is 2.41. The Morgan fingerprint density at radius 3 is 2.57 bits per heavy atom. The van der Waals surface area contributed by atoms with Gasteiger partial charge >= 0.3 is 0 Å². The molecule has 1 aromatic carbocycles. The Balaban J connectivity index is 1.97. The van der Waals surface area contributed by atoms with Crippen LogP contribution >= 0.6 is 15.9 Å². The van der Waals surface area contributed by atoms with E-state index in [2.05, 4.69) is 26.1 Å². The topological polar surface area (TPSA) is 15.3 Å². The maximum Gasteiger partial charge on any atom is 0.130 e. The average Bonchev–Trinajstić information content (AvgIpc) is 2.99. The van der Waals surface area contributed by atoms with Gasteiger partial charge in [0.2, 0.25) is 0 Å². The summed E-state index contributed by atoms with van der Waals surface area (Å²) in [6.07, 6.45) is 5.06. The Hall–Kier alpha value is -0.450. The van der Waals surface area contributed by atoms with E-state index >= 15 is 0 Å². The molecule has 1 aliphatic heterocycles. The minimum Gasteiger partial charge on any atom is -0.314 e. The van der Waals surface area contributed by atoms with Gasteiger partial charge in [0.25, 0.3) is 0 Å². The molecule has 1 atom stereocenters. The van der Waals surface area contributed by atoms with Gasteiger partial charge in [-0.3, -0.25) is 4.90 Å². The predicted molar refractivity (Wildman–Crippen MR) is 88.0 cm³/mol. The van der Waals surface area contributed by atoms with Gasteiger partial charge in [-0.2, -0.15) is 0 Å². The fraction of sp³-hybridized carbons (Fsp3) is 0.647. The molecule has 0 spiro atoms. The summed E-state index contributed by atoms with van der Waals surface area (Å²) in [5, 5.41) is 3.40. The molecule has 2 nitrogen and oxygen atoms in total. The van der Waals surface area contributed by atoms with Crippen molar-refractivity contribution in [3.63, 3.8) is 0 Å². The van der Waals surface area contributed by atoms with Gasteiger partial charge < -0.3 is 5.32 Å². The third-order valence-electron chi connectivity index (χ3n) is 4.96. The summed E-state index contributed by atoms with van der Waals surface area (Å²) < 4.78 is 15.8. The Morgan fingerprint density at radius 2 is 1.90 bits per heavy atom. The zero-order chi connectivity index (χ0) is 14.8. The number of hydrogen-bond donors (Lipinski definition) is 1. The number of hydrogen-bond acceptors (Lipinski definition) is 2. The minimum absolute atomic E-state index is 0.00590. The summed E-state index contributed by atoms with van der Waals surface area (Å²) in [5.74, 6) is 0.597. The first-order valence-electron chi connectivity index (χ1n) is 8.07. The summed E-state index contributed by atoms with van der Waals surface area (Å²) in [5.41, 5.74) is 1.65. The lowest BCUT2D eigenvalue weighted by molar-refractivity contribution is 0.122. The number of piperazine rings is 1. The molecule has 1 heterocycles. The molecule has 0 amide bonds. The normalized spacial score (nSPS) is 22.6. The summed E-state index contributed by atoms with van der Waals surface area (Å²) in [4.78, 5) is 2.50. The lowest BCUT2D eigenvalue weighted by atomic mass is 9.88. The van der Waals surface area contributed by atoms with E-state index in [0.29, 0.717) is 5.92 Å². The SMILES string of the molecule is Cc1cc(Br)cc([C@H](C2CCCC2)N2CCNCC2)c1F. The van der Waals surface area contributed by atoms with E-state index in [1.165, 1.54) is 25.7 Å². The zero-order valence-corrected chi connectivity index (χ0v) is 14.3. The van der Waals surface area contributed by atoms with Crippen molar-refractivity contribution in [3.05, 3.63) is 33.5 Å².